The van der Waals surface area contributed by atoms with Crippen LogP contribution in [-0.2, 0) is 11.3 Å². The predicted octanol–water partition coefficient (Wildman–Crippen LogP) is 3.38. The van der Waals surface area contributed by atoms with E-state index in [0.717, 1.165) is 18.4 Å². The fourth-order valence-corrected chi connectivity index (χ4v) is 1.22. The van der Waals surface area contributed by atoms with Crippen molar-refractivity contribution in [2.24, 2.45) is 0 Å². The molecule has 1 aromatic carbocycles. The second-order valence-corrected chi connectivity index (χ2v) is 3.85. The van der Waals surface area contributed by atoms with Gasteiger partial charge >= 0.3 is 6.09 Å². The summed E-state index contributed by atoms with van der Waals surface area (Å²) in [6.45, 7) is 2.82. The number of rotatable bonds is 5. The van der Waals surface area contributed by atoms with E-state index in [9.17, 15) is 4.79 Å². The Labute approximate surface area is 101 Å². The Bertz CT molecular complexity index is 324. The van der Waals surface area contributed by atoms with Gasteiger partial charge in [0.05, 0.1) is 13.2 Å². The van der Waals surface area contributed by atoms with Gasteiger partial charge in [-0.15, -0.1) is 0 Å². The SMILES string of the molecule is CCCCOC(=O)[N]Cc1ccc(Cl)cc1. The van der Waals surface area contributed by atoms with Gasteiger partial charge in [0, 0.05) is 5.02 Å². The zero-order chi connectivity index (χ0) is 11.8. The van der Waals surface area contributed by atoms with E-state index in [1.54, 1.807) is 12.1 Å². The van der Waals surface area contributed by atoms with Crippen LogP contribution in [0.5, 0.6) is 0 Å². The van der Waals surface area contributed by atoms with Gasteiger partial charge in [0.2, 0.25) is 0 Å². The number of hydrogen-bond acceptors (Lipinski definition) is 2. The molecule has 0 unspecified atom stereocenters. The standard InChI is InChI=1S/C12H15ClNO2/c1-2-3-8-16-12(15)14-9-10-4-6-11(13)7-5-10/h4-7H,2-3,8-9H2,1H3. The van der Waals surface area contributed by atoms with Gasteiger partial charge in [-0.25, -0.2) is 10.1 Å². The number of hydrogen-bond donors (Lipinski definition) is 0. The summed E-state index contributed by atoms with van der Waals surface area (Å²) in [5.41, 5.74) is 0.942. The molecular formula is C12H15ClNO2. The molecule has 0 fully saturated rings. The summed E-state index contributed by atoms with van der Waals surface area (Å²) in [4.78, 5) is 11.1. The maximum absolute atomic E-state index is 11.1. The molecule has 1 amide bonds. The summed E-state index contributed by atoms with van der Waals surface area (Å²) >= 11 is 5.74. The molecule has 1 rings (SSSR count). The lowest BCUT2D eigenvalue weighted by Gasteiger charge is -2.04. The highest BCUT2D eigenvalue weighted by molar-refractivity contribution is 6.30. The van der Waals surface area contributed by atoms with Crippen LogP contribution in [0.15, 0.2) is 24.3 Å². The summed E-state index contributed by atoms with van der Waals surface area (Å²) in [7, 11) is 0. The highest BCUT2D eigenvalue weighted by Crippen LogP contribution is 2.09. The van der Waals surface area contributed by atoms with Crippen molar-refractivity contribution < 1.29 is 9.53 Å². The molecule has 0 aliphatic heterocycles. The lowest BCUT2D eigenvalue weighted by molar-refractivity contribution is 0.143. The molecule has 0 atom stereocenters. The van der Waals surface area contributed by atoms with E-state index < -0.39 is 6.09 Å². The first-order valence-corrected chi connectivity index (χ1v) is 5.69. The summed E-state index contributed by atoms with van der Waals surface area (Å²) in [6, 6.07) is 7.22. The fourth-order valence-electron chi connectivity index (χ4n) is 1.10. The topological polar surface area (TPSA) is 40.4 Å². The molecule has 87 valence electrons. The first-order valence-electron chi connectivity index (χ1n) is 5.31. The van der Waals surface area contributed by atoms with Gasteiger partial charge in [0.25, 0.3) is 0 Å². The van der Waals surface area contributed by atoms with Crippen molar-refractivity contribution in [2.75, 3.05) is 6.61 Å². The third-order valence-electron chi connectivity index (χ3n) is 2.03. The molecule has 1 radical (unpaired) electrons. The third kappa shape index (κ3) is 5.03. The van der Waals surface area contributed by atoms with Crippen LogP contribution in [-0.4, -0.2) is 12.7 Å². The molecule has 0 heterocycles. The lowest BCUT2D eigenvalue weighted by atomic mass is 10.2. The van der Waals surface area contributed by atoms with Crippen LogP contribution in [0, 0.1) is 0 Å². The van der Waals surface area contributed by atoms with E-state index in [0.29, 0.717) is 18.2 Å². The zero-order valence-corrected chi connectivity index (χ0v) is 10.0. The quantitative estimate of drug-likeness (QED) is 0.741. The molecule has 0 saturated carbocycles. The minimum Gasteiger partial charge on any atom is -0.448 e. The molecule has 0 N–H and O–H groups in total. The molecule has 0 bridgehead atoms. The number of halogens is 1. The molecule has 1 aromatic rings. The van der Waals surface area contributed by atoms with Crippen LogP contribution < -0.4 is 5.32 Å². The second kappa shape index (κ2) is 7.12. The second-order valence-electron chi connectivity index (χ2n) is 3.41. The Morgan fingerprint density at radius 3 is 2.69 bits per heavy atom. The minimum atomic E-state index is -0.497. The molecular weight excluding hydrogens is 226 g/mol. The van der Waals surface area contributed by atoms with Crippen molar-refractivity contribution in [1.29, 1.82) is 0 Å². The summed E-state index contributed by atoms with van der Waals surface area (Å²) in [5, 5.41) is 4.47. The van der Waals surface area contributed by atoms with Crippen molar-refractivity contribution in [3.05, 3.63) is 34.9 Å². The number of nitrogens with zero attached hydrogens (tertiary/aromatic N) is 1. The largest absolute Gasteiger partial charge is 0.448 e. The highest BCUT2D eigenvalue weighted by Gasteiger charge is 2.03. The monoisotopic (exact) mass is 240 g/mol. The summed E-state index contributed by atoms with van der Waals surface area (Å²) in [6.07, 6.45) is 1.38. The van der Waals surface area contributed by atoms with E-state index >= 15 is 0 Å². The average Bonchev–Trinajstić information content (AvgIpc) is 2.29. The molecule has 0 aliphatic rings. The van der Waals surface area contributed by atoms with Crippen molar-refractivity contribution in [1.82, 2.24) is 5.32 Å². The van der Waals surface area contributed by atoms with Crippen LogP contribution in [0.25, 0.3) is 0 Å². The van der Waals surface area contributed by atoms with Crippen molar-refractivity contribution in [3.8, 4) is 0 Å². The number of carbonyl (C=O) groups is 1. The number of carbonyl (C=O) groups excluding carboxylic acids is 1. The van der Waals surface area contributed by atoms with E-state index in [4.69, 9.17) is 16.3 Å². The Morgan fingerprint density at radius 1 is 1.38 bits per heavy atom. The van der Waals surface area contributed by atoms with Crippen molar-refractivity contribution >= 4 is 17.7 Å². The van der Waals surface area contributed by atoms with Crippen LogP contribution in [0.2, 0.25) is 5.02 Å². The smallest absolute Gasteiger partial charge is 0.429 e. The highest BCUT2D eigenvalue weighted by atomic mass is 35.5. The number of benzene rings is 1. The van der Waals surface area contributed by atoms with Gasteiger partial charge in [0.15, 0.2) is 0 Å². The van der Waals surface area contributed by atoms with Gasteiger partial charge < -0.3 is 4.74 Å². The first kappa shape index (κ1) is 12.8. The molecule has 4 heteroatoms. The predicted molar refractivity (Wildman–Crippen MR) is 63.5 cm³/mol. The van der Waals surface area contributed by atoms with Crippen molar-refractivity contribution in [2.45, 2.75) is 26.3 Å². The third-order valence-corrected chi connectivity index (χ3v) is 2.28. The van der Waals surface area contributed by atoms with E-state index in [-0.39, 0.29) is 0 Å². The Morgan fingerprint density at radius 2 is 2.06 bits per heavy atom. The van der Waals surface area contributed by atoms with Crippen LogP contribution in [0.1, 0.15) is 25.3 Å². The number of ether oxygens (including phenoxy) is 1. The van der Waals surface area contributed by atoms with E-state index in [2.05, 4.69) is 5.32 Å². The summed E-state index contributed by atoms with van der Waals surface area (Å²) < 4.78 is 4.90. The first-order chi connectivity index (χ1) is 7.72. The zero-order valence-electron chi connectivity index (χ0n) is 9.28. The van der Waals surface area contributed by atoms with Gasteiger partial charge in [-0.3, -0.25) is 0 Å². The molecule has 3 nitrogen and oxygen atoms in total. The maximum atomic E-state index is 11.1. The Balaban J connectivity index is 2.23. The van der Waals surface area contributed by atoms with Gasteiger partial charge in [0.1, 0.15) is 0 Å². The van der Waals surface area contributed by atoms with E-state index in [1.165, 1.54) is 0 Å². The number of unbranched alkanes of at least 4 members (excludes halogenated alkanes) is 1. The van der Waals surface area contributed by atoms with Gasteiger partial charge in [-0.2, -0.15) is 0 Å². The van der Waals surface area contributed by atoms with Crippen LogP contribution >= 0.6 is 11.6 Å². The van der Waals surface area contributed by atoms with Gasteiger partial charge in [-0.05, 0) is 24.1 Å². The normalized spacial score (nSPS) is 9.88. The summed E-state index contributed by atoms with van der Waals surface area (Å²) in [5.74, 6) is 0. The fraction of sp³-hybridized carbons (Fsp3) is 0.417. The van der Waals surface area contributed by atoms with Crippen molar-refractivity contribution in [3.63, 3.8) is 0 Å². The lowest BCUT2D eigenvalue weighted by Crippen LogP contribution is -2.17. The Hall–Kier alpha value is -1.22. The van der Waals surface area contributed by atoms with E-state index in [1.807, 2.05) is 19.1 Å². The molecule has 0 spiro atoms. The maximum Gasteiger partial charge on any atom is 0.429 e. The number of amides is 1. The van der Waals surface area contributed by atoms with Crippen LogP contribution in [0.3, 0.4) is 0 Å². The van der Waals surface area contributed by atoms with Crippen LogP contribution in [0.4, 0.5) is 4.79 Å². The average molecular weight is 241 g/mol. The molecule has 16 heavy (non-hydrogen) atoms. The molecule has 0 saturated heterocycles. The minimum absolute atomic E-state index is 0.335. The van der Waals surface area contributed by atoms with Gasteiger partial charge in [-0.1, -0.05) is 37.1 Å². The molecule has 0 aliphatic carbocycles. The molecule has 0 aromatic heterocycles. The Kier molecular flexibility index (Phi) is 5.72.